The maximum Gasteiger partial charge on any atom is 0.419 e. The minimum Gasteiger partial charge on any atom is -0.418 e. The molecule has 0 aliphatic rings. The molecule has 0 bridgehead atoms. The summed E-state index contributed by atoms with van der Waals surface area (Å²) < 4.78 is 5.21. The summed E-state index contributed by atoms with van der Waals surface area (Å²) in [7, 11) is 0. The highest BCUT2D eigenvalue weighted by Gasteiger charge is 2.13. The molecule has 0 fully saturated rings. The van der Waals surface area contributed by atoms with Gasteiger partial charge in [-0.25, -0.2) is 4.79 Å². The van der Waals surface area contributed by atoms with Crippen LogP contribution in [0.25, 0.3) is 5.53 Å². The molecule has 2 aromatic rings. The second kappa shape index (κ2) is 9.20. The van der Waals surface area contributed by atoms with E-state index in [-0.39, 0.29) is 0 Å². The fraction of sp³-hybridized carbons (Fsp3) is 0.158. The van der Waals surface area contributed by atoms with Crippen LogP contribution in [0.15, 0.2) is 67.3 Å². The van der Waals surface area contributed by atoms with Gasteiger partial charge in [0.1, 0.15) is 5.75 Å². The van der Waals surface area contributed by atoms with Gasteiger partial charge in [0, 0.05) is 25.2 Å². The van der Waals surface area contributed by atoms with Gasteiger partial charge >= 0.3 is 12.2 Å². The smallest absolute Gasteiger partial charge is 0.418 e. The van der Waals surface area contributed by atoms with Crippen molar-refractivity contribution in [3.63, 3.8) is 0 Å². The molecule has 5 nitrogen and oxygen atoms in total. The number of carbonyl (C=O) groups is 1. The number of rotatable bonds is 8. The van der Waals surface area contributed by atoms with Gasteiger partial charge in [-0.1, -0.05) is 54.6 Å². The molecule has 0 radical (unpaired) electrons. The lowest BCUT2D eigenvalue weighted by molar-refractivity contribution is -0.130. The van der Waals surface area contributed by atoms with Gasteiger partial charge in [0.15, 0.2) is 0 Å². The number of esters is 1. The third kappa shape index (κ3) is 5.32. The molecule has 0 aromatic heterocycles. The Morgan fingerprint density at radius 3 is 2.54 bits per heavy atom. The summed E-state index contributed by atoms with van der Waals surface area (Å²) in [5.74, 6) is -0.271. The molecule has 0 saturated heterocycles. The largest absolute Gasteiger partial charge is 0.419 e. The van der Waals surface area contributed by atoms with Crippen LogP contribution >= 0.6 is 0 Å². The van der Waals surface area contributed by atoms with Crippen LogP contribution < -0.4 is 4.74 Å². The number of benzene rings is 2. The molecule has 2 aromatic carbocycles. The zero-order chi connectivity index (χ0) is 17.2. The van der Waals surface area contributed by atoms with E-state index in [1.807, 2.05) is 36.4 Å². The van der Waals surface area contributed by atoms with Crippen molar-refractivity contribution in [3.8, 4) is 5.75 Å². The topological polar surface area (TPSA) is 65.9 Å². The average Bonchev–Trinajstić information content (AvgIpc) is 2.58. The van der Waals surface area contributed by atoms with E-state index in [1.54, 1.807) is 12.1 Å². The van der Waals surface area contributed by atoms with E-state index >= 15 is 0 Å². The Labute approximate surface area is 141 Å². The van der Waals surface area contributed by atoms with Gasteiger partial charge in [0.25, 0.3) is 0 Å². The summed E-state index contributed by atoms with van der Waals surface area (Å²) in [4.78, 5) is 16.4. The maximum absolute atomic E-state index is 11.5. The first kappa shape index (κ1) is 17.3. The van der Waals surface area contributed by atoms with Gasteiger partial charge in [-0.05, 0) is 11.6 Å². The molecule has 0 aliphatic heterocycles. The van der Waals surface area contributed by atoms with Crippen molar-refractivity contribution in [2.24, 2.45) is 0 Å². The first-order valence-electron chi connectivity index (χ1n) is 7.57. The van der Waals surface area contributed by atoms with Crippen molar-refractivity contribution in [3.05, 3.63) is 83.9 Å². The van der Waals surface area contributed by atoms with E-state index in [4.69, 9.17) is 10.3 Å². The second-order valence-corrected chi connectivity index (χ2v) is 5.22. The molecule has 0 atom stereocenters. The van der Waals surface area contributed by atoms with Crippen LogP contribution in [0.1, 0.15) is 11.1 Å². The van der Waals surface area contributed by atoms with Crippen LogP contribution in [-0.4, -0.2) is 28.4 Å². The SMILES string of the molecule is C=CCN(Cc1ccccc1)Cc1ccccc1OC(=O)C=[N+]=[N-]. The zero-order valence-corrected chi connectivity index (χ0v) is 13.3. The van der Waals surface area contributed by atoms with Crippen molar-refractivity contribution in [1.29, 1.82) is 0 Å². The van der Waals surface area contributed by atoms with Crippen molar-refractivity contribution < 1.29 is 14.3 Å². The highest BCUT2D eigenvalue weighted by molar-refractivity contribution is 6.21. The molecule has 0 unspecified atom stereocenters. The first-order valence-corrected chi connectivity index (χ1v) is 7.57. The van der Waals surface area contributed by atoms with Crippen LogP contribution in [0.5, 0.6) is 5.75 Å². The van der Waals surface area contributed by atoms with Crippen LogP contribution in [-0.2, 0) is 17.9 Å². The lowest BCUT2D eigenvalue weighted by atomic mass is 10.1. The predicted molar refractivity (Wildman–Crippen MR) is 92.5 cm³/mol. The molecule has 0 N–H and O–H groups in total. The van der Waals surface area contributed by atoms with Crippen molar-refractivity contribution >= 4 is 12.2 Å². The lowest BCUT2D eigenvalue weighted by Gasteiger charge is -2.22. The fourth-order valence-corrected chi connectivity index (χ4v) is 2.37. The Kier molecular flexibility index (Phi) is 6.65. The van der Waals surface area contributed by atoms with E-state index in [0.717, 1.165) is 18.3 Å². The summed E-state index contributed by atoms with van der Waals surface area (Å²) in [5.41, 5.74) is 10.5. The van der Waals surface area contributed by atoms with Crippen LogP contribution in [0.2, 0.25) is 0 Å². The summed E-state index contributed by atoms with van der Waals surface area (Å²) in [6, 6.07) is 17.4. The number of hydrogen-bond acceptors (Lipinski definition) is 3. The van der Waals surface area contributed by atoms with Gasteiger partial charge in [0.2, 0.25) is 0 Å². The molecule has 0 aliphatic carbocycles. The molecular formula is C19H19N3O2. The lowest BCUT2D eigenvalue weighted by Crippen LogP contribution is -2.23. The minimum atomic E-state index is -0.719. The Bertz CT molecular complexity index is 737. The minimum absolute atomic E-state index is 0.449. The summed E-state index contributed by atoms with van der Waals surface area (Å²) >= 11 is 0. The highest BCUT2D eigenvalue weighted by atomic mass is 16.5. The van der Waals surface area contributed by atoms with Crippen molar-refractivity contribution in [2.45, 2.75) is 13.1 Å². The quantitative estimate of drug-likeness (QED) is 0.187. The van der Waals surface area contributed by atoms with Crippen LogP contribution in [0, 0.1) is 0 Å². The maximum atomic E-state index is 11.5. The molecule has 0 amide bonds. The molecule has 122 valence electrons. The molecule has 0 spiro atoms. The Hall–Kier alpha value is -3.01. The molecule has 2 rings (SSSR count). The highest BCUT2D eigenvalue weighted by Crippen LogP contribution is 2.21. The Morgan fingerprint density at radius 2 is 1.83 bits per heavy atom. The number of hydrogen-bond donors (Lipinski definition) is 0. The van der Waals surface area contributed by atoms with Crippen LogP contribution in [0.3, 0.4) is 0 Å². The number of para-hydroxylation sites is 1. The van der Waals surface area contributed by atoms with Gasteiger partial charge in [-0.2, -0.15) is 4.79 Å². The van der Waals surface area contributed by atoms with Gasteiger partial charge in [-0.15, -0.1) is 6.58 Å². The summed E-state index contributed by atoms with van der Waals surface area (Å²) in [6.45, 7) is 5.87. The second-order valence-electron chi connectivity index (χ2n) is 5.22. The third-order valence-electron chi connectivity index (χ3n) is 3.38. The standard InChI is InChI=1S/C19H19N3O2/c1-2-12-22(14-16-8-4-3-5-9-16)15-17-10-6-7-11-18(17)24-19(23)13-21-20/h2-11,13H,1,12,14-15H2. The average molecular weight is 321 g/mol. The predicted octanol–water partition coefficient (Wildman–Crippen LogP) is 3.08. The first-order chi connectivity index (χ1) is 11.7. The molecule has 0 heterocycles. The van der Waals surface area contributed by atoms with Crippen molar-refractivity contribution in [2.75, 3.05) is 6.54 Å². The van der Waals surface area contributed by atoms with E-state index in [0.29, 0.717) is 18.8 Å². The fourth-order valence-electron chi connectivity index (χ4n) is 2.37. The van der Waals surface area contributed by atoms with E-state index in [2.05, 4.69) is 28.4 Å². The van der Waals surface area contributed by atoms with Gasteiger partial charge in [-0.3, -0.25) is 4.90 Å². The molecule has 5 heteroatoms. The number of ether oxygens (including phenoxy) is 1. The summed E-state index contributed by atoms with van der Waals surface area (Å²) in [6.07, 6.45) is 2.57. The summed E-state index contributed by atoms with van der Waals surface area (Å²) in [5, 5.41) is 0. The molecule has 0 saturated carbocycles. The van der Waals surface area contributed by atoms with E-state index < -0.39 is 5.97 Å². The zero-order valence-electron chi connectivity index (χ0n) is 13.3. The molecular weight excluding hydrogens is 302 g/mol. The Morgan fingerprint density at radius 1 is 1.12 bits per heavy atom. The van der Waals surface area contributed by atoms with Gasteiger partial charge in [0.05, 0.1) is 0 Å². The monoisotopic (exact) mass is 321 g/mol. The van der Waals surface area contributed by atoms with Crippen molar-refractivity contribution in [1.82, 2.24) is 4.90 Å². The normalized spacial score (nSPS) is 10.0. The Balaban J connectivity index is 2.15. The van der Waals surface area contributed by atoms with E-state index in [1.165, 1.54) is 5.56 Å². The van der Waals surface area contributed by atoms with Gasteiger partial charge < -0.3 is 10.3 Å². The third-order valence-corrected chi connectivity index (χ3v) is 3.38. The van der Waals surface area contributed by atoms with E-state index in [9.17, 15) is 4.79 Å². The van der Waals surface area contributed by atoms with Crippen LogP contribution in [0.4, 0.5) is 0 Å². The molecule has 24 heavy (non-hydrogen) atoms. The number of nitrogens with zero attached hydrogens (tertiary/aromatic N) is 3. The number of carbonyl (C=O) groups excluding carboxylic acids is 1.